The number of hydrogen-bond acceptors (Lipinski definition) is 6. The van der Waals surface area contributed by atoms with Gasteiger partial charge in [-0.05, 0) is 61.1 Å². The Balaban J connectivity index is 1.64. The van der Waals surface area contributed by atoms with E-state index in [1.165, 1.54) is 17.9 Å². The predicted molar refractivity (Wildman–Crippen MR) is 121 cm³/mol. The summed E-state index contributed by atoms with van der Waals surface area (Å²) in [5.41, 5.74) is 2.46. The fourth-order valence-electron chi connectivity index (χ4n) is 5.43. The van der Waals surface area contributed by atoms with Crippen LogP contribution in [0.4, 0.5) is 0 Å². The van der Waals surface area contributed by atoms with Crippen LogP contribution in [0.2, 0.25) is 0 Å². The summed E-state index contributed by atoms with van der Waals surface area (Å²) < 4.78 is 16.9. The molecule has 1 heterocycles. The van der Waals surface area contributed by atoms with Crippen molar-refractivity contribution in [3.8, 4) is 17.2 Å². The van der Waals surface area contributed by atoms with Gasteiger partial charge in [0.15, 0.2) is 11.5 Å². The lowest BCUT2D eigenvalue weighted by Crippen LogP contribution is -2.43. The Morgan fingerprint density at radius 2 is 1.69 bits per heavy atom. The summed E-state index contributed by atoms with van der Waals surface area (Å²) in [6.45, 7) is 2.38. The highest BCUT2D eigenvalue weighted by atomic mass is 32.2. The maximum Gasteiger partial charge on any atom is 0.203 e. The van der Waals surface area contributed by atoms with E-state index < -0.39 is 6.10 Å². The number of hydrogen-bond donors (Lipinski definition) is 1. The monoisotopic (exact) mass is 436 g/mol. The summed E-state index contributed by atoms with van der Waals surface area (Å²) in [5, 5.41) is 11.5. The van der Waals surface area contributed by atoms with Crippen LogP contribution in [0.15, 0.2) is 23.8 Å². The molecule has 4 nitrogen and oxygen atoms in total. The molecule has 1 N–H and O–H groups in total. The van der Waals surface area contributed by atoms with E-state index >= 15 is 0 Å². The van der Waals surface area contributed by atoms with E-state index in [9.17, 15) is 5.11 Å². The molecule has 6 heteroatoms. The first-order valence-corrected chi connectivity index (χ1v) is 12.4. The van der Waals surface area contributed by atoms with Gasteiger partial charge in [-0.2, -0.15) is 0 Å². The molecule has 0 aromatic heterocycles. The van der Waals surface area contributed by atoms with Gasteiger partial charge in [-0.15, -0.1) is 23.5 Å². The Hall–Kier alpha value is -0.980. The Labute approximate surface area is 182 Å². The number of allylic oxidation sites excluding steroid dienone is 2. The summed E-state index contributed by atoms with van der Waals surface area (Å²) in [5.74, 6) is 4.49. The topological polar surface area (TPSA) is 47.9 Å². The third kappa shape index (κ3) is 3.66. The molecule has 0 amide bonds. The number of thioether (sulfide) groups is 2. The Kier molecular flexibility index (Phi) is 6.07. The predicted octanol–water partition coefficient (Wildman–Crippen LogP) is 5.45. The first-order valence-electron chi connectivity index (χ1n) is 10.4. The standard InChI is InChI=1S/C23H32O4S2/c1-22-8-9-23(28-10-11-29-23)14-16(22)6-5-7-17(22)20(24)15-12-18(25-2)21(27-4)19(13-15)26-3/h6,12-13,17,20,24H,5,7-11,14H2,1-4H3. The summed E-state index contributed by atoms with van der Waals surface area (Å²) >= 11 is 4.31. The average molecular weight is 437 g/mol. The lowest BCUT2D eigenvalue weighted by Gasteiger charge is -2.51. The smallest absolute Gasteiger partial charge is 0.203 e. The number of aliphatic hydroxyl groups is 1. The highest BCUT2D eigenvalue weighted by Gasteiger charge is 2.51. The van der Waals surface area contributed by atoms with E-state index in [-0.39, 0.29) is 11.3 Å². The van der Waals surface area contributed by atoms with E-state index in [1.807, 2.05) is 12.1 Å². The second-order valence-corrected chi connectivity index (χ2v) is 11.7. The van der Waals surface area contributed by atoms with Crippen LogP contribution < -0.4 is 14.2 Å². The summed E-state index contributed by atoms with van der Waals surface area (Å²) in [6, 6.07) is 3.81. The normalized spacial score (nSPS) is 29.1. The minimum Gasteiger partial charge on any atom is -0.493 e. The highest BCUT2D eigenvalue weighted by molar-refractivity contribution is 8.21. The largest absolute Gasteiger partial charge is 0.493 e. The zero-order valence-corrected chi connectivity index (χ0v) is 19.5. The van der Waals surface area contributed by atoms with Crippen molar-refractivity contribution in [3.63, 3.8) is 0 Å². The number of ether oxygens (including phenoxy) is 3. The van der Waals surface area contributed by atoms with Crippen LogP contribution >= 0.6 is 23.5 Å². The van der Waals surface area contributed by atoms with E-state index in [4.69, 9.17) is 14.2 Å². The van der Waals surface area contributed by atoms with Crippen LogP contribution in [0.1, 0.15) is 50.7 Å². The molecule has 1 aromatic rings. The molecule has 4 rings (SSSR count). The summed E-state index contributed by atoms with van der Waals surface area (Å²) in [7, 11) is 4.84. The van der Waals surface area contributed by atoms with Gasteiger partial charge in [0.2, 0.25) is 5.75 Å². The zero-order chi connectivity index (χ0) is 20.6. The third-order valence-corrected chi connectivity index (χ3v) is 10.7. The Morgan fingerprint density at radius 3 is 2.28 bits per heavy atom. The van der Waals surface area contributed by atoms with Gasteiger partial charge in [-0.25, -0.2) is 0 Å². The van der Waals surface area contributed by atoms with Crippen molar-refractivity contribution in [2.24, 2.45) is 11.3 Å². The van der Waals surface area contributed by atoms with Crippen molar-refractivity contribution < 1.29 is 19.3 Å². The van der Waals surface area contributed by atoms with Gasteiger partial charge in [0.25, 0.3) is 0 Å². The molecule has 2 aliphatic carbocycles. The lowest BCUT2D eigenvalue weighted by atomic mass is 9.58. The van der Waals surface area contributed by atoms with Crippen LogP contribution in [0, 0.1) is 11.3 Å². The molecule has 29 heavy (non-hydrogen) atoms. The second-order valence-electron chi connectivity index (χ2n) is 8.52. The molecule has 1 aliphatic heterocycles. The van der Waals surface area contributed by atoms with Crippen LogP contribution in [0.3, 0.4) is 0 Å². The fourth-order valence-corrected chi connectivity index (χ4v) is 8.68. The van der Waals surface area contributed by atoms with E-state index in [1.54, 1.807) is 26.9 Å². The lowest BCUT2D eigenvalue weighted by molar-refractivity contribution is 0.0177. The number of methoxy groups -OCH3 is 3. The summed E-state index contributed by atoms with van der Waals surface area (Å²) in [4.78, 5) is 0. The maximum atomic E-state index is 11.5. The number of rotatable bonds is 5. The molecular weight excluding hydrogens is 404 g/mol. The molecule has 0 radical (unpaired) electrons. The van der Waals surface area contributed by atoms with Crippen LogP contribution in [0.25, 0.3) is 0 Å². The molecule has 1 spiro atoms. The molecule has 1 saturated carbocycles. The van der Waals surface area contributed by atoms with Gasteiger partial charge in [-0.3, -0.25) is 0 Å². The molecule has 0 bridgehead atoms. The first kappa shape index (κ1) is 21.3. The highest BCUT2D eigenvalue weighted by Crippen LogP contribution is 2.63. The Bertz CT molecular complexity index is 762. The van der Waals surface area contributed by atoms with Crippen molar-refractivity contribution in [3.05, 3.63) is 29.3 Å². The van der Waals surface area contributed by atoms with Crippen molar-refractivity contribution in [1.82, 2.24) is 0 Å². The minimum absolute atomic E-state index is 0.0486. The Morgan fingerprint density at radius 1 is 1.03 bits per heavy atom. The second kappa shape index (κ2) is 8.27. The molecular formula is C23H32O4S2. The van der Waals surface area contributed by atoms with E-state index in [0.29, 0.717) is 21.3 Å². The van der Waals surface area contributed by atoms with Gasteiger partial charge >= 0.3 is 0 Å². The fraction of sp³-hybridized carbons (Fsp3) is 0.652. The molecule has 1 saturated heterocycles. The van der Waals surface area contributed by atoms with Gasteiger partial charge < -0.3 is 19.3 Å². The molecule has 3 aliphatic rings. The van der Waals surface area contributed by atoms with Gasteiger partial charge in [0.1, 0.15) is 0 Å². The van der Waals surface area contributed by atoms with Gasteiger partial charge in [0, 0.05) is 11.5 Å². The van der Waals surface area contributed by atoms with Crippen molar-refractivity contribution in [1.29, 1.82) is 0 Å². The van der Waals surface area contributed by atoms with E-state index in [0.717, 1.165) is 31.2 Å². The van der Waals surface area contributed by atoms with Gasteiger partial charge in [-0.1, -0.05) is 18.6 Å². The van der Waals surface area contributed by atoms with Crippen LogP contribution in [-0.2, 0) is 0 Å². The van der Waals surface area contributed by atoms with Crippen molar-refractivity contribution in [2.45, 2.75) is 49.2 Å². The van der Waals surface area contributed by atoms with Crippen molar-refractivity contribution in [2.75, 3.05) is 32.8 Å². The van der Waals surface area contributed by atoms with Gasteiger partial charge in [0.05, 0.1) is 31.5 Å². The number of fused-ring (bicyclic) bond motifs is 1. The number of benzene rings is 1. The van der Waals surface area contributed by atoms with Crippen LogP contribution in [0.5, 0.6) is 17.2 Å². The van der Waals surface area contributed by atoms with Crippen molar-refractivity contribution >= 4 is 23.5 Å². The summed E-state index contributed by atoms with van der Waals surface area (Å²) in [6.07, 6.45) is 7.50. The minimum atomic E-state index is -0.560. The average Bonchev–Trinajstić information content (AvgIpc) is 3.20. The molecule has 1 aromatic carbocycles. The first-order chi connectivity index (χ1) is 14.0. The number of aliphatic hydroxyl groups excluding tert-OH is 1. The third-order valence-electron chi connectivity index (χ3n) is 7.13. The molecule has 2 fully saturated rings. The zero-order valence-electron chi connectivity index (χ0n) is 17.8. The molecule has 3 atom stereocenters. The maximum absolute atomic E-state index is 11.5. The molecule has 160 valence electrons. The molecule has 3 unspecified atom stereocenters. The quantitative estimate of drug-likeness (QED) is 0.620. The van der Waals surface area contributed by atoms with E-state index in [2.05, 4.69) is 36.5 Å². The van der Waals surface area contributed by atoms with Crippen LogP contribution in [-0.4, -0.2) is 42.0 Å². The SMILES string of the molecule is COc1cc(C(O)C2CCC=C3CC4(CCC32C)SCCS4)cc(OC)c1OC.